The Morgan fingerprint density at radius 2 is 2.00 bits per heavy atom. The van der Waals surface area contributed by atoms with E-state index in [0.717, 1.165) is 43.9 Å². The minimum atomic E-state index is -0.635. The third-order valence-corrected chi connectivity index (χ3v) is 4.41. The van der Waals surface area contributed by atoms with Gasteiger partial charge >= 0.3 is 0 Å². The number of nitrogen functional groups attached to an aromatic ring is 1. The zero-order valence-corrected chi connectivity index (χ0v) is 13.0. The lowest BCUT2D eigenvalue weighted by molar-refractivity contribution is 0.0886. The maximum Gasteiger partial charge on any atom is 0.287 e. The number of fused-ring (bicyclic) bond motifs is 1. The molecule has 1 heterocycles. The number of rotatable bonds is 3. The minimum Gasteiger partial charge on any atom is -0.448 e. The Kier molecular flexibility index (Phi) is 4.53. The lowest BCUT2D eigenvalue weighted by atomic mass is 9.87. The number of benzene rings is 1. The van der Waals surface area contributed by atoms with Crippen molar-refractivity contribution in [2.45, 2.75) is 31.8 Å². The fourth-order valence-electron chi connectivity index (χ4n) is 3.03. The van der Waals surface area contributed by atoms with E-state index in [1.54, 1.807) is 0 Å². The normalized spacial score (nSPS) is 20.9. The molecule has 0 aliphatic heterocycles. The standard InChI is InChI=1S/C17H19FN2O4/c18-10-5-12-14(22)7-15(24-16(12)13(19)6-10)17(23)20-8-9-1-3-11(21)4-2-9/h5-7,9,11,21H,1-4,8,19H2,(H,20,23). The summed E-state index contributed by atoms with van der Waals surface area (Å²) in [5.41, 5.74) is 5.13. The highest BCUT2D eigenvalue weighted by Crippen LogP contribution is 2.24. The molecule has 6 nitrogen and oxygen atoms in total. The molecule has 1 fully saturated rings. The number of aliphatic hydroxyl groups is 1. The van der Waals surface area contributed by atoms with Gasteiger partial charge in [0, 0.05) is 18.7 Å². The van der Waals surface area contributed by atoms with Crippen LogP contribution in [0, 0.1) is 11.7 Å². The fourth-order valence-corrected chi connectivity index (χ4v) is 3.03. The van der Waals surface area contributed by atoms with Crippen molar-refractivity contribution in [1.29, 1.82) is 0 Å². The molecule has 1 aliphatic rings. The number of nitrogens with two attached hydrogens (primary N) is 1. The van der Waals surface area contributed by atoms with Gasteiger partial charge in [-0.1, -0.05) is 0 Å². The summed E-state index contributed by atoms with van der Waals surface area (Å²) < 4.78 is 18.7. The summed E-state index contributed by atoms with van der Waals surface area (Å²) in [6.45, 7) is 0.451. The van der Waals surface area contributed by atoms with Gasteiger partial charge < -0.3 is 20.6 Å². The van der Waals surface area contributed by atoms with Gasteiger partial charge in [0.2, 0.25) is 0 Å². The third kappa shape index (κ3) is 3.41. The molecule has 1 amide bonds. The highest BCUT2D eigenvalue weighted by Gasteiger charge is 2.21. The summed E-state index contributed by atoms with van der Waals surface area (Å²) in [6.07, 6.45) is 2.89. The van der Waals surface area contributed by atoms with Gasteiger partial charge in [-0.2, -0.15) is 0 Å². The zero-order chi connectivity index (χ0) is 17.3. The van der Waals surface area contributed by atoms with Crippen LogP contribution in [-0.2, 0) is 0 Å². The molecule has 0 unspecified atom stereocenters. The first-order valence-electron chi connectivity index (χ1n) is 7.93. The third-order valence-electron chi connectivity index (χ3n) is 4.41. The second kappa shape index (κ2) is 6.60. The van der Waals surface area contributed by atoms with Gasteiger partial charge in [-0.15, -0.1) is 0 Å². The summed E-state index contributed by atoms with van der Waals surface area (Å²) in [5.74, 6) is -1.00. The van der Waals surface area contributed by atoms with Crippen LogP contribution < -0.4 is 16.5 Å². The molecule has 0 atom stereocenters. The minimum absolute atomic E-state index is 0.00492. The van der Waals surface area contributed by atoms with E-state index in [0.29, 0.717) is 12.5 Å². The number of nitrogens with one attached hydrogen (secondary N) is 1. The first kappa shape index (κ1) is 16.4. The van der Waals surface area contributed by atoms with Gasteiger partial charge in [-0.25, -0.2) is 4.39 Å². The number of hydrogen-bond donors (Lipinski definition) is 3. The Balaban J connectivity index is 1.76. The maximum absolute atomic E-state index is 13.3. The van der Waals surface area contributed by atoms with E-state index in [9.17, 15) is 19.1 Å². The SMILES string of the molecule is Nc1cc(F)cc2c(=O)cc(C(=O)NCC3CCC(O)CC3)oc12. The van der Waals surface area contributed by atoms with Crippen LogP contribution in [0.25, 0.3) is 11.0 Å². The van der Waals surface area contributed by atoms with Gasteiger partial charge in [-0.05, 0) is 37.7 Å². The van der Waals surface area contributed by atoms with Gasteiger partial charge in [-0.3, -0.25) is 9.59 Å². The van der Waals surface area contributed by atoms with Gasteiger partial charge in [0.25, 0.3) is 5.91 Å². The number of carbonyl (C=O) groups is 1. The smallest absolute Gasteiger partial charge is 0.287 e. The van der Waals surface area contributed by atoms with Crippen molar-refractivity contribution in [2.24, 2.45) is 5.92 Å². The second-order valence-corrected chi connectivity index (χ2v) is 6.23. The molecule has 3 rings (SSSR count). The van der Waals surface area contributed by atoms with Crippen molar-refractivity contribution >= 4 is 22.6 Å². The largest absolute Gasteiger partial charge is 0.448 e. The number of amides is 1. The van der Waals surface area contributed by atoms with E-state index in [-0.39, 0.29) is 28.5 Å². The molecular weight excluding hydrogens is 315 g/mol. The Labute approximate surface area is 137 Å². The van der Waals surface area contributed by atoms with E-state index < -0.39 is 17.2 Å². The van der Waals surface area contributed by atoms with Crippen LogP contribution in [0.5, 0.6) is 0 Å². The van der Waals surface area contributed by atoms with E-state index >= 15 is 0 Å². The molecule has 1 saturated carbocycles. The summed E-state index contributed by atoms with van der Waals surface area (Å²) in [4.78, 5) is 24.3. The monoisotopic (exact) mass is 334 g/mol. The molecule has 2 aromatic rings. The highest BCUT2D eigenvalue weighted by molar-refractivity contribution is 5.95. The Bertz CT molecular complexity index is 825. The molecule has 1 aliphatic carbocycles. The number of carbonyl (C=O) groups excluding carboxylic acids is 1. The quantitative estimate of drug-likeness (QED) is 0.742. The molecule has 0 saturated heterocycles. The van der Waals surface area contributed by atoms with Crippen LogP contribution in [0.15, 0.2) is 27.4 Å². The Hall–Kier alpha value is -2.41. The Morgan fingerprint density at radius 3 is 2.71 bits per heavy atom. The van der Waals surface area contributed by atoms with E-state index in [1.165, 1.54) is 0 Å². The lowest BCUT2D eigenvalue weighted by Gasteiger charge is -2.25. The molecule has 128 valence electrons. The summed E-state index contributed by atoms with van der Waals surface area (Å²) in [7, 11) is 0. The molecule has 4 N–H and O–H groups in total. The maximum atomic E-state index is 13.3. The van der Waals surface area contributed by atoms with E-state index in [1.807, 2.05) is 0 Å². The van der Waals surface area contributed by atoms with Crippen LogP contribution in [0.4, 0.5) is 10.1 Å². The van der Waals surface area contributed by atoms with E-state index in [4.69, 9.17) is 10.2 Å². The highest BCUT2D eigenvalue weighted by atomic mass is 19.1. The van der Waals surface area contributed by atoms with Crippen molar-refractivity contribution in [3.63, 3.8) is 0 Å². The molecule has 0 spiro atoms. The predicted octanol–water partition coefficient (Wildman–Crippen LogP) is 1.80. The molecule has 7 heteroatoms. The van der Waals surface area contributed by atoms with Crippen LogP contribution >= 0.6 is 0 Å². The van der Waals surface area contributed by atoms with Crippen molar-refractivity contribution in [1.82, 2.24) is 5.32 Å². The first-order valence-corrected chi connectivity index (χ1v) is 7.93. The Morgan fingerprint density at radius 1 is 1.29 bits per heavy atom. The second-order valence-electron chi connectivity index (χ2n) is 6.23. The average molecular weight is 334 g/mol. The summed E-state index contributed by atoms with van der Waals surface area (Å²) >= 11 is 0. The molecule has 0 bridgehead atoms. The number of anilines is 1. The fraction of sp³-hybridized carbons (Fsp3) is 0.412. The lowest BCUT2D eigenvalue weighted by Crippen LogP contribution is -2.32. The van der Waals surface area contributed by atoms with Crippen LogP contribution in [0.2, 0.25) is 0 Å². The summed E-state index contributed by atoms with van der Waals surface area (Å²) in [6, 6.07) is 3.12. The zero-order valence-electron chi connectivity index (χ0n) is 13.0. The molecular formula is C17H19FN2O4. The van der Waals surface area contributed by atoms with E-state index in [2.05, 4.69) is 5.32 Å². The molecule has 0 radical (unpaired) electrons. The van der Waals surface area contributed by atoms with Gasteiger partial charge in [0.05, 0.1) is 17.2 Å². The van der Waals surface area contributed by atoms with Crippen molar-refractivity contribution < 1.29 is 18.7 Å². The van der Waals surface area contributed by atoms with Crippen LogP contribution in [-0.4, -0.2) is 23.7 Å². The number of halogens is 1. The number of hydrogen-bond acceptors (Lipinski definition) is 5. The van der Waals surface area contributed by atoms with Crippen molar-refractivity contribution in [2.75, 3.05) is 12.3 Å². The topological polar surface area (TPSA) is 106 Å². The van der Waals surface area contributed by atoms with Crippen LogP contribution in [0.3, 0.4) is 0 Å². The van der Waals surface area contributed by atoms with Crippen molar-refractivity contribution in [3.05, 3.63) is 40.0 Å². The predicted molar refractivity (Wildman–Crippen MR) is 87.2 cm³/mol. The number of aliphatic hydroxyl groups excluding tert-OH is 1. The van der Waals surface area contributed by atoms with Crippen LogP contribution in [0.1, 0.15) is 36.2 Å². The first-order chi connectivity index (χ1) is 11.4. The molecule has 1 aromatic carbocycles. The molecule has 24 heavy (non-hydrogen) atoms. The van der Waals surface area contributed by atoms with Crippen molar-refractivity contribution in [3.8, 4) is 0 Å². The van der Waals surface area contributed by atoms with Gasteiger partial charge in [0.1, 0.15) is 5.82 Å². The van der Waals surface area contributed by atoms with Gasteiger partial charge in [0.15, 0.2) is 16.8 Å². The summed E-state index contributed by atoms with van der Waals surface area (Å²) in [5, 5.41) is 12.2. The average Bonchev–Trinajstić information content (AvgIpc) is 2.55. The molecule has 1 aromatic heterocycles.